The summed E-state index contributed by atoms with van der Waals surface area (Å²) in [5, 5.41) is 20.1. The summed E-state index contributed by atoms with van der Waals surface area (Å²) in [6, 6.07) is 11.3. The number of aromatic hydroxyl groups is 2. The molecular weight excluding hydrogens is 320 g/mol. The molecule has 0 atom stereocenters. The van der Waals surface area contributed by atoms with Crippen LogP contribution in [0.4, 0.5) is 0 Å². The molecule has 0 aromatic heterocycles. The lowest BCUT2D eigenvalue weighted by Gasteiger charge is -2.17. The summed E-state index contributed by atoms with van der Waals surface area (Å²) in [4.78, 5) is 0. The number of phenols is 2. The molecule has 0 spiro atoms. The van der Waals surface area contributed by atoms with Gasteiger partial charge in [-0.15, -0.1) is 0 Å². The molecule has 2 aromatic carbocycles. The Balaban J connectivity index is 2.30. The third-order valence-corrected chi connectivity index (χ3v) is 5.15. The zero-order valence-corrected chi connectivity index (χ0v) is 16.4. The van der Waals surface area contributed by atoms with E-state index in [1.807, 2.05) is 24.3 Å². The van der Waals surface area contributed by atoms with E-state index in [-0.39, 0.29) is 5.75 Å². The van der Waals surface area contributed by atoms with Gasteiger partial charge in [-0.1, -0.05) is 70.6 Å². The van der Waals surface area contributed by atoms with Gasteiger partial charge in [0, 0.05) is 0 Å². The largest absolute Gasteiger partial charge is 0.508 e. The highest BCUT2D eigenvalue weighted by Gasteiger charge is 2.14. The van der Waals surface area contributed by atoms with Crippen molar-refractivity contribution in [3.05, 3.63) is 47.5 Å². The van der Waals surface area contributed by atoms with Gasteiger partial charge in [-0.25, -0.2) is 0 Å². The number of hydrogen-bond donors (Lipinski definition) is 2. The second-order valence-electron chi connectivity index (χ2n) is 7.26. The van der Waals surface area contributed by atoms with Crippen LogP contribution in [-0.4, -0.2) is 10.2 Å². The molecule has 0 aliphatic rings. The van der Waals surface area contributed by atoms with Crippen LogP contribution in [0.25, 0.3) is 11.1 Å². The van der Waals surface area contributed by atoms with Gasteiger partial charge in [-0.3, -0.25) is 0 Å². The second-order valence-corrected chi connectivity index (χ2v) is 7.26. The zero-order valence-electron chi connectivity index (χ0n) is 16.4. The summed E-state index contributed by atoms with van der Waals surface area (Å²) in [6.45, 7) is 4.46. The van der Waals surface area contributed by atoms with Crippen molar-refractivity contribution in [2.45, 2.75) is 78.1 Å². The maximum Gasteiger partial charge on any atom is 0.119 e. The monoisotopic (exact) mass is 354 g/mol. The van der Waals surface area contributed by atoms with Crippen molar-refractivity contribution < 1.29 is 10.2 Å². The van der Waals surface area contributed by atoms with E-state index in [1.54, 1.807) is 12.1 Å². The highest BCUT2D eigenvalue weighted by atomic mass is 16.3. The Morgan fingerprint density at radius 2 is 1.19 bits per heavy atom. The van der Waals surface area contributed by atoms with E-state index in [0.717, 1.165) is 36.8 Å². The fourth-order valence-corrected chi connectivity index (χ4v) is 3.61. The third kappa shape index (κ3) is 5.79. The van der Waals surface area contributed by atoms with Gasteiger partial charge in [0.15, 0.2) is 0 Å². The molecule has 2 aromatic rings. The fourth-order valence-electron chi connectivity index (χ4n) is 3.61. The van der Waals surface area contributed by atoms with Crippen molar-refractivity contribution in [3.63, 3.8) is 0 Å². The maximum absolute atomic E-state index is 10.5. The fraction of sp³-hybridized carbons (Fsp3) is 0.500. The van der Waals surface area contributed by atoms with Crippen molar-refractivity contribution >= 4 is 0 Å². The van der Waals surface area contributed by atoms with Crippen LogP contribution in [0.15, 0.2) is 36.4 Å². The molecule has 0 aliphatic heterocycles. The van der Waals surface area contributed by atoms with Crippen molar-refractivity contribution in [2.24, 2.45) is 0 Å². The minimum absolute atomic E-state index is 0.289. The highest BCUT2D eigenvalue weighted by Crippen LogP contribution is 2.34. The van der Waals surface area contributed by atoms with Crippen molar-refractivity contribution in [1.82, 2.24) is 0 Å². The van der Waals surface area contributed by atoms with Gasteiger partial charge in [0.25, 0.3) is 0 Å². The molecule has 0 unspecified atom stereocenters. The quantitative estimate of drug-likeness (QED) is 0.426. The molecule has 26 heavy (non-hydrogen) atoms. The minimum atomic E-state index is 0.289. The third-order valence-electron chi connectivity index (χ3n) is 5.15. The standard InChI is InChI=1S/C24H34O2/c1-3-5-7-9-11-22-21(19-13-15-20(25)16-14-19)17-18-24(26)23(22)12-10-8-6-4-2/h13-18,25-26H,3-12H2,1-2H3. The average Bonchev–Trinajstić information content (AvgIpc) is 2.65. The molecule has 0 fully saturated rings. The average molecular weight is 355 g/mol. The van der Waals surface area contributed by atoms with E-state index in [1.165, 1.54) is 49.7 Å². The topological polar surface area (TPSA) is 40.5 Å². The first-order chi connectivity index (χ1) is 12.7. The predicted octanol–water partition coefficient (Wildman–Crippen LogP) is 7.01. The van der Waals surface area contributed by atoms with E-state index in [4.69, 9.17) is 0 Å². The van der Waals surface area contributed by atoms with Gasteiger partial charge in [0.05, 0.1) is 0 Å². The van der Waals surface area contributed by atoms with E-state index in [9.17, 15) is 10.2 Å². The van der Waals surface area contributed by atoms with Gasteiger partial charge in [0.1, 0.15) is 11.5 Å². The van der Waals surface area contributed by atoms with Crippen LogP contribution in [0.3, 0.4) is 0 Å². The van der Waals surface area contributed by atoms with Gasteiger partial charge < -0.3 is 10.2 Å². The van der Waals surface area contributed by atoms with Crippen LogP contribution in [0.2, 0.25) is 0 Å². The van der Waals surface area contributed by atoms with E-state index in [2.05, 4.69) is 13.8 Å². The summed E-state index contributed by atoms with van der Waals surface area (Å²) in [5.41, 5.74) is 4.74. The van der Waals surface area contributed by atoms with Crippen molar-refractivity contribution in [1.29, 1.82) is 0 Å². The van der Waals surface area contributed by atoms with Crippen LogP contribution in [0, 0.1) is 0 Å². The zero-order chi connectivity index (χ0) is 18.8. The molecular formula is C24H34O2. The molecule has 2 nitrogen and oxygen atoms in total. The molecule has 2 rings (SSSR count). The van der Waals surface area contributed by atoms with Crippen LogP contribution in [-0.2, 0) is 12.8 Å². The summed E-state index contributed by atoms with van der Waals surface area (Å²) < 4.78 is 0. The maximum atomic E-state index is 10.5. The number of rotatable bonds is 11. The molecule has 0 saturated heterocycles. The summed E-state index contributed by atoms with van der Waals surface area (Å²) >= 11 is 0. The predicted molar refractivity (Wildman–Crippen MR) is 111 cm³/mol. The first-order valence-electron chi connectivity index (χ1n) is 10.3. The minimum Gasteiger partial charge on any atom is -0.508 e. The summed E-state index contributed by atoms with van der Waals surface area (Å²) in [5.74, 6) is 0.728. The number of benzene rings is 2. The first kappa shape index (κ1) is 20.4. The van der Waals surface area contributed by atoms with Crippen LogP contribution in [0.1, 0.15) is 76.3 Å². The lowest BCUT2D eigenvalue weighted by atomic mass is 9.89. The smallest absolute Gasteiger partial charge is 0.119 e. The normalized spacial score (nSPS) is 11.0. The van der Waals surface area contributed by atoms with Gasteiger partial charge in [-0.05, 0) is 66.1 Å². The van der Waals surface area contributed by atoms with Crippen LogP contribution >= 0.6 is 0 Å². The van der Waals surface area contributed by atoms with Crippen molar-refractivity contribution in [2.75, 3.05) is 0 Å². The Morgan fingerprint density at radius 3 is 1.77 bits per heavy atom. The lowest BCUT2D eigenvalue weighted by molar-refractivity contribution is 0.464. The number of unbranched alkanes of at least 4 members (excludes halogenated alkanes) is 6. The summed E-state index contributed by atoms with van der Waals surface area (Å²) in [7, 11) is 0. The SMILES string of the molecule is CCCCCCc1c(O)ccc(-c2ccc(O)cc2)c1CCCCCC. The van der Waals surface area contributed by atoms with Gasteiger partial charge >= 0.3 is 0 Å². The van der Waals surface area contributed by atoms with Crippen LogP contribution in [0.5, 0.6) is 11.5 Å². The van der Waals surface area contributed by atoms with Gasteiger partial charge in [-0.2, -0.15) is 0 Å². The molecule has 0 aliphatic carbocycles. The Hall–Kier alpha value is -1.96. The summed E-state index contributed by atoms with van der Waals surface area (Å²) in [6.07, 6.45) is 11.7. The van der Waals surface area contributed by atoms with E-state index < -0.39 is 0 Å². The Bertz CT molecular complexity index is 659. The number of phenolic OH excluding ortho intramolecular Hbond substituents is 2. The molecule has 0 heterocycles. The Morgan fingerprint density at radius 1 is 0.615 bits per heavy atom. The van der Waals surface area contributed by atoms with Crippen LogP contribution < -0.4 is 0 Å². The highest BCUT2D eigenvalue weighted by molar-refractivity contribution is 5.71. The first-order valence-corrected chi connectivity index (χ1v) is 10.3. The van der Waals surface area contributed by atoms with E-state index in [0.29, 0.717) is 5.75 Å². The molecule has 0 saturated carbocycles. The molecule has 0 bridgehead atoms. The Labute approximate surface area is 158 Å². The molecule has 2 heteroatoms. The Kier molecular flexibility index (Phi) is 8.53. The van der Waals surface area contributed by atoms with E-state index >= 15 is 0 Å². The second kappa shape index (κ2) is 10.9. The number of hydrogen-bond acceptors (Lipinski definition) is 2. The molecule has 0 radical (unpaired) electrons. The molecule has 2 N–H and O–H groups in total. The lowest BCUT2D eigenvalue weighted by Crippen LogP contribution is -2.00. The molecule has 142 valence electrons. The van der Waals surface area contributed by atoms with Gasteiger partial charge in [0.2, 0.25) is 0 Å². The molecule has 0 amide bonds. The van der Waals surface area contributed by atoms with Crippen molar-refractivity contribution in [3.8, 4) is 22.6 Å².